The van der Waals surface area contributed by atoms with Crippen LogP contribution in [-0.4, -0.2) is 9.97 Å². The van der Waals surface area contributed by atoms with Crippen molar-refractivity contribution >= 4 is 33.2 Å². The maximum atomic E-state index is 12.8. The fraction of sp³-hybridized carbons (Fsp3) is 0.261. The van der Waals surface area contributed by atoms with Crippen molar-refractivity contribution in [2.45, 2.75) is 39.2 Å². The van der Waals surface area contributed by atoms with Crippen molar-refractivity contribution in [3.05, 3.63) is 80.9 Å². The van der Waals surface area contributed by atoms with Gasteiger partial charge in [0, 0.05) is 28.1 Å². The molecule has 148 valence electrons. The maximum Gasteiger partial charge on any atom is 0.260 e. The maximum absolute atomic E-state index is 12.8. The lowest BCUT2D eigenvalue weighted by atomic mass is 9.95. The molecule has 0 saturated heterocycles. The molecule has 0 aliphatic carbocycles. The molecule has 0 saturated carbocycles. The first-order chi connectivity index (χ1) is 14.1. The number of H-pyrrole nitrogens is 1. The van der Waals surface area contributed by atoms with Gasteiger partial charge in [-0.1, -0.05) is 37.6 Å². The molecule has 0 fully saturated rings. The second-order valence-electron chi connectivity index (χ2n) is 7.17. The second kappa shape index (κ2) is 8.47. The fourth-order valence-electron chi connectivity index (χ4n) is 3.69. The first kappa shape index (κ1) is 19.8. The van der Waals surface area contributed by atoms with E-state index in [1.165, 1.54) is 16.9 Å². The number of thiophene rings is 1. The summed E-state index contributed by atoms with van der Waals surface area (Å²) in [6.45, 7) is 4.97. The highest BCUT2D eigenvalue weighted by Crippen LogP contribution is 2.31. The molecule has 0 unspecified atom stereocenters. The number of hydrogen-bond donors (Lipinski definition) is 1. The number of fused-ring (bicyclic) bond motifs is 1. The van der Waals surface area contributed by atoms with Crippen LogP contribution in [0.1, 0.15) is 44.0 Å². The first-order valence-corrected chi connectivity index (χ1v) is 11.1. The van der Waals surface area contributed by atoms with E-state index in [4.69, 9.17) is 16.6 Å². The van der Waals surface area contributed by atoms with Crippen LogP contribution < -0.4 is 10.1 Å². The predicted octanol–water partition coefficient (Wildman–Crippen LogP) is 5.54. The minimum atomic E-state index is -0.106. The van der Waals surface area contributed by atoms with Gasteiger partial charge in [-0.25, -0.2) is 4.98 Å². The summed E-state index contributed by atoms with van der Waals surface area (Å²) in [5.74, 6) is 1.25. The molecule has 0 aliphatic rings. The zero-order valence-corrected chi connectivity index (χ0v) is 18.1. The van der Waals surface area contributed by atoms with Crippen LogP contribution in [0.15, 0.2) is 59.0 Å². The van der Waals surface area contributed by atoms with E-state index in [0.717, 1.165) is 28.8 Å². The Kier molecular flexibility index (Phi) is 5.79. The van der Waals surface area contributed by atoms with E-state index in [2.05, 4.69) is 43.4 Å². The number of pyridine rings is 1. The van der Waals surface area contributed by atoms with Gasteiger partial charge in [0.05, 0.1) is 5.39 Å². The lowest BCUT2D eigenvalue weighted by Crippen LogP contribution is -2.35. The van der Waals surface area contributed by atoms with E-state index >= 15 is 0 Å². The largest absolute Gasteiger partial charge is 0.305 e. The molecule has 3 heterocycles. The van der Waals surface area contributed by atoms with Crippen molar-refractivity contribution in [2.24, 2.45) is 0 Å². The van der Waals surface area contributed by atoms with Gasteiger partial charge in [-0.2, -0.15) is 4.57 Å². The Morgan fingerprint density at radius 3 is 2.45 bits per heavy atom. The van der Waals surface area contributed by atoms with Gasteiger partial charge in [0.25, 0.3) is 5.56 Å². The Morgan fingerprint density at radius 1 is 1.10 bits per heavy atom. The van der Waals surface area contributed by atoms with Gasteiger partial charge in [0.15, 0.2) is 18.2 Å². The van der Waals surface area contributed by atoms with E-state index < -0.39 is 0 Å². The van der Waals surface area contributed by atoms with Crippen molar-refractivity contribution in [2.75, 3.05) is 0 Å². The lowest BCUT2D eigenvalue weighted by Gasteiger charge is -2.11. The number of nitrogens with zero attached hydrogens (tertiary/aromatic N) is 2. The highest BCUT2D eigenvalue weighted by molar-refractivity contribution is 7.17. The Bertz CT molecular complexity index is 1180. The van der Waals surface area contributed by atoms with Crippen molar-refractivity contribution < 1.29 is 4.57 Å². The first-order valence-electron chi connectivity index (χ1n) is 9.84. The SMILES string of the molecule is CCC(CC)c1cc[n+](Cc2nc3scc(-c4ccc(Cl)cc4)c3c(=O)[nH]2)cc1. The molecule has 0 spiro atoms. The van der Waals surface area contributed by atoms with E-state index in [0.29, 0.717) is 28.7 Å². The van der Waals surface area contributed by atoms with Crippen LogP contribution in [0.3, 0.4) is 0 Å². The zero-order valence-electron chi connectivity index (χ0n) is 16.5. The lowest BCUT2D eigenvalue weighted by molar-refractivity contribution is -0.689. The number of halogens is 1. The predicted molar refractivity (Wildman–Crippen MR) is 120 cm³/mol. The molecule has 0 amide bonds. The second-order valence-corrected chi connectivity index (χ2v) is 8.46. The third-order valence-electron chi connectivity index (χ3n) is 5.35. The number of hydrogen-bond acceptors (Lipinski definition) is 3. The Labute approximate surface area is 178 Å². The summed E-state index contributed by atoms with van der Waals surface area (Å²) in [6.07, 6.45) is 6.40. The quantitative estimate of drug-likeness (QED) is 0.413. The van der Waals surface area contributed by atoms with Crippen molar-refractivity contribution in [1.82, 2.24) is 9.97 Å². The molecule has 0 radical (unpaired) electrons. The average Bonchev–Trinajstić information content (AvgIpc) is 3.15. The molecule has 0 aliphatic heterocycles. The third-order valence-corrected chi connectivity index (χ3v) is 6.48. The van der Waals surface area contributed by atoms with Crippen LogP contribution in [0.4, 0.5) is 0 Å². The summed E-state index contributed by atoms with van der Waals surface area (Å²) in [7, 11) is 0. The molecule has 6 heteroatoms. The molecule has 1 aromatic carbocycles. The third kappa shape index (κ3) is 4.11. The average molecular weight is 425 g/mol. The summed E-state index contributed by atoms with van der Waals surface area (Å²) in [5.41, 5.74) is 3.11. The highest BCUT2D eigenvalue weighted by atomic mass is 35.5. The Hall–Kier alpha value is -2.50. The van der Waals surface area contributed by atoms with Gasteiger partial charge in [-0.05, 0) is 42.0 Å². The van der Waals surface area contributed by atoms with Crippen LogP contribution in [0.25, 0.3) is 21.3 Å². The minimum Gasteiger partial charge on any atom is -0.305 e. The molecular weight excluding hydrogens is 402 g/mol. The molecule has 4 aromatic rings. The van der Waals surface area contributed by atoms with Crippen molar-refractivity contribution in [1.29, 1.82) is 0 Å². The number of aromatic nitrogens is 3. The molecular formula is C23H23ClN3OS+. The standard InChI is InChI=1S/C23H22ClN3OS/c1-3-15(4-2)16-9-11-27(12-10-16)13-20-25-22(28)21-19(14-29-23(21)26-20)17-5-7-18(24)8-6-17/h5-12,14-15H,3-4,13H2,1-2H3/p+1. The highest BCUT2D eigenvalue weighted by Gasteiger charge is 2.15. The Balaban J connectivity index is 1.63. The molecule has 4 rings (SSSR count). The fourth-order valence-corrected chi connectivity index (χ4v) is 4.78. The van der Waals surface area contributed by atoms with Crippen LogP contribution in [0, 0.1) is 0 Å². The summed E-state index contributed by atoms with van der Waals surface area (Å²) < 4.78 is 2.05. The summed E-state index contributed by atoms with van der Waals surface area (Å²) in [5, 5.41) is 3.29. The summed E-state index contributed by atoms with van der Waals surface area (Å²) in [4.78, 5) is 21.2. The molecule has 1 N–H and O–H groups in total. The van der Waals surface area contributed by atoms with Gasteiger partial charge >= 0.3 is 0 Å². The normalized spacial score (nSPS) is 11.4. The van der Waals surface area contributed by atoms with Gasteiger partial charge < -0.3 is 4.98 Å². The molecule has 29 heavy (non-hydrogen) atoms. The molecule has 3 aromatic heterocycles. The number of aromatic amines is 1. The summed E-state index contributed by atoms with van der Waals surface area (Å²) in [6, 6.07) is 11.8. The van der Waals surface area contributed by atoms with E-state index in [-0.39, 0.29) is 5.56 Å². The number of rotatable bonds is 6. The van der Waals surface area contributed by atoms with Gasteiger partial charge in [-0.3, -0.25) is 4.79 Å². The minimum absolute atomic E-state index is 0.106. The van der Waals surface area contributed by atoms with Crippen LogP contribution in [0.2, 0.25) is 5.02 Å². The number of nitrogens with one attached hydrogen (secondary N) is 1. The van der Waals surface area contributed by atoms with Crippen molar-refractivity contribution in [3.63, 3.8) is 0 Å². The molecule has 0 bridgehead atoms. The van der Waals surface area contributed by atoms with Crippen LogP contribution in [0.5, 0.6) is 0 Å². The number of benzene rings is 1. The molecule has 4 nitrogen and oxygen atoms in total. The van der Waals surface area contributed by atoms with E-state index in [1.807, 2.05) is 34.2 Å². The topological polar surface area (TPSA) is 49.6 Å². The van der Waals surface area contributed by atoms with Crippen LogP contribution in [-0.2, 0) is 6.54 Å². The van der Waals surface area contributed by atoms with Gasteiger partial charge in [0.1, 0.15) is 4.83 Å². The van der Waals surface area contributed by atoms with E-state index in [9.17, 15) is 4.79 Å². The van der Waals surface area contributed by atoms with Gasteiger partial charge in [-0.15, -0.1) is 11.3 Å². The monoisotopic (exact) mass is 424 g/mol. The Morgan fingerprint density at radius 2 is 1.79 bits per heavy atom. The van der Waals surface area contributed by atoms with Gasteiger partial charge in [0.2, 0.25) is 6.54 Å². The van der Waals surface area contributed by atoms with E-state index in [1.54, 1.807) is 0 Å². The smallest absolute Gasteiger partial charge is 0.260 e. The zero-order chi connectivity index (χ0) is 20.4. The van der Waals surface area contributed by atoms with Crippen LogP contribution >= 0.6 is 22.9 Å². The molecule has 0 atom stereocenters. The summed E-state index contributed by atoms with van der Waals surface area (Å²) >= 11 is 7.47. The van der Waals surface area contributed by atoms with Crippen molar-refractivity contribution in [3.8, 4) is 11.1 Å².